The maximum atomic E-state index is 14.0. The number of nitrogens with two attached hydrogens (primary N) is 2. The zero-order valence-electron chi connectivity index (χ0n) is 26.9. The highest BCUT2D eigenvalue weighted by Gasteiger charge is 2.28. The van der Waals surface area contributed by atoms with Crippen molar-refractivity contribution < 1.29 is 24.2 Å². The topological polar surface area (TPSA) is 193 Å². The summed E-state index contributed by atoms with van der Waals surface area (Å²) in [6, 6.07) is 21.9. The first-order chi connectivity index (χ1) is 22.8. The molecule has 0 heterocycles. The van der Waals surface area contributed by atoms with Crippen molar-refractivity contribution in [3.63, 3.8) is 0 Å². The Morgan fingerprint density at radius 2 is 1.53 bits per heavy atom. The predicted octanol–water partition coefficient (Wildman–Crippen LogP) is 3.25. The number of nitrogens with one attached hydrogen (secondary N) is 4. The van der Waals surface area contributed by atoms with E-state index in [-0.39, 0.29) is 36.5 Å². The van der Waals surface area contributed by atoms with E-state index in [1.165, 1.54) is 0 Å². The average molecular weight is 646 g/mol. The minimum Gasteiger partial charge on any atom is -0.508 e. The molecule has 9 N–H and O–H groups in total. The largest absolute Gasteiger partial charge is 0.508 e. The van der Waals surface area contributed by atoms with Crippen LogP contribution in [0, 0.1) is 0 Å². The van der Waals surface area contributed by atoms with Crippen LogP contribution in [0.25, 0.3) is 0 Å². The molecule has 1 unspecified atom stereocenters. The maximum absolute atomic E-state index is 14.0. The van der Waals surface area contributed by atoms with Gasteiger partial charge in [0.1, 0.15) is 17.5 Å². The molecule has 0 bridgehead atoms. The average Bonchev–Trinajstić information content (AvgIpc) is 3.07. The Balaban J connectivity index is 1.74. The summed E-state index contributed by atoms with van der Waals surface area (Å²) >= 11 is 0. The Morgan fingerprint density at radius 1 is 0.830 bits per heavy atom. The van der Waals surface area contributed by atoms with Gasteiger partial charge in [-0.2, -0.15) is 4.99 Å². The summed E-state index contributed by atoms with van der Waals surface area (Å²) in [5.74, 6) is -0.577. The van der Waals surface area contributed by atoms with Crippen molar-refractivity contribution >= 4 is 23.8 Å². The van der Waals surface area contributed by atoms with E-state index < -0.39 is 18.0 Å². The number of carbonyl (C=O) groups is 3. The third-order valence-electron chi connectivity index (χ3n) is 7.29. The molecule has 0 spiro atoms. The summed E-state index contributed by atoms with van der Waals surface area (Å²) in [5.41, 5.74) is 13.7. The van der Waals surface area contributed by atoms with Gasteiger partial charge in [0.15, 0.2) is 5.96 Å². The number of nitrogens with zero attached hydrogens (tertiary/aromatic N) is 1. The first-order valence-corrected chi connectivity index (χ1v) is 16.0. The minimum atomic E-state index is -0.870. The SMILES string of the molecule is CCNC(=O)/N=C(/N)NCCC[C@@H](NC(=O)C(c1ccccc1)c1ccc(OCCCCCN)cc1)C(=O)NCc1ccc(O)cc1. The molecule has 0 saturated heterocycles. The van der Waals surface area contributed by atoms with E-state index in [1.807, 2.05) is 54.6 Å². The van der Waals surface area contributed by atoms with E-state index in [9.17, 15) is 19.5 Å². The van der Waals surface area contributed by atoms with Crippen LogP contribution in [0.3, 0.4) is 0 Å². The lowest BCUT2D eigenvalue weighted by atomic mass is 9.90. The highest BCUT2D eigenvalue weighted by Crippen LogP contribution is 2.27. The van der Waals surface area contributed by atoms with Gasteiger partial charge in [-0.25, -0.2) is 4.79 Å². The van der Waals surface area contributed by atoms with Crippen LogP contribution in [0.15, 0.2) is 83.9 Å². The molecule has 3 aromatic carbocycles. The van der Waals surface area contributed by atoms with Crippen LogP contribution in [0.5, 0.6) is 11.5 Å². The summed E-state index contributed by atoms with van der Waals surface area (Å²) < 4.78 is 5.87. The fraction of sp³-hybridized carbons (Fsp3) is 0.371. The summed E-state index contributed by atoms with van der Waals surface area (Å²) in [6.45, 7) is 3.98. The third-order valence-corrected chi connectivity index (χ3v) is 7.29. The molecule has 3 rings (SSSR count). The van der Waals surface area contributed by atoms with Crippen molar-refractivity contribution in [1.29, 1.82) is 0 Å². The Morgan fingerprint density at radius 3 is 2.21 bits per heavy atom. The molecule has 47 heavy (non-hydrogen) atoms. The predicted molar refractivity (Wildman–Crippen MR) is 183 cm³/mol. The maximum Gasteiger partial charge on any atom is 0.344 e. The van der Waals surface area contributed by atoms with E-state index >= 15 is 0 Å². The van der Waals surface area contributed by atoms with Crippen molar-refractivity contribution in [3.05, 3.63) is 95.6 Å². The lowest BCUT2D eigenvalue weighted by Gasteiger charge is -2.23. The van der Waals surface area contributed by atoms with Crippen LogP contribution >= 0.6 is 0 Å². The monoisotopic (exact) mass is 645 g/mol. The second kappa shape index (κ2) is 20.1. The standard InChI is InChI=1S/C35H47N7O5/c1-2-38-35(46)42-34(37)39-22-9-12-30(32(44)40-24-25-13-17-28(43)18-14-25)41-33(45)31(26-10-5-3-6-11-26)27-15-19-29(20-16-27)47-23-8-4-7-21-36/h3,5-6,10-11,13-20,30-31,43H,2,4,7-9,12,21-24,36H2,1H3,(H,40,44)(H,41,45)(H4,37,38,39,42,46)/t30-,31?/m1/s1. The van der Waals surface area contributed by atoms with E-state index in [2.05, 4.69) is 26.3 Å². The Bertz CT molecular complexity index is 1420. The van der Waals surface area contributed by atoms with Crippen molar-refractivity contribution in [2.75, 3.05) is 26.2 Å². The molecule has 2 atom stereocenters. The second-order valence-electron chi connectivity index (χ2n) is 11.0. The van der Waals surface area contributed by atoms with Crippen LogP contribution in [0.2, 0.25) is 0 Å². The van der Waals surface area contributed by atoms with Gasteiger partial charge in [0.25, 0.3) is 0 Å². The van der Waals surface area contributed by atoms with Gasteiger partial charge in [0.05, 0.1) is 12.5 Å². The molecule has 0 fully saturated rings. The van der Waals surface area contributed by atoms with E-state index in [4.69, 9.17) is 16.2 Å². The number of carbonyl (C=O) groups excluding carboxylic acids is 3. The normalized spacial score (nSPS) is 12.4. The van der Waals surface area contributed by atoms with Gasteiger partial charge in [0.2, 0.25) is 11.8 Å². The van der Waals surface area contributed by atoms with Gasteiger partial charge in [-0.15, -0.1) is 0 Å². The van der Waals surface area contributed by atoms with Gasteiger partial charge in [-0.05, 0) is 86.5 Å². The summed E-state index contributed by atoms with van der Waals surface area (Å²) in [6.07, 6.45) is 3.60. The van der Waals surface area contributed by atoms with E-state index in [1.54, 1.807) is 31.2 Å². The van der Waals surface area contributed by atoms with Crippen LogP contribution in [-0.4, -0.2) is 61.2 Å². The zero-order valence-corrected chi connectivity index (χ0v) is 26.9. The Hall–Kier alpha value is -5.10. The number of guanidine groups is 1. The molecule has 0 aromatic heterocycles. The molecule has 12 nitrogen and oxygen atoms in total. The molecule has 0 aliphatic heterocycles. The molecule has 0 aliphatic carbocycles. The number of benzene rings is 3. The number of phenols is 1. The lowest BCUT2D eigenvalue weighted by Crippen LogP contribution is -2.48. The summed E-state index contributed by atoms with van der Waals surface area (Å²) in [4.78, 5) is 42.8. The fourth-order valence-corrected chi connectivity index (χ4v) is 4.82. The number of rotatable bonds is 18. The first-order valence-electron chi connectivity index (χ1n) is 16.0. The molecule has 12 heteroatoms. The number of hydrogen-bond acceptors (Lipinski definition) is 6. The number of hydrogen-bond donors (Lipinski definition) is 7. The van der Waals surface area contributed by atoms with Gasteiger partial charge >= 0.3 is 6.03 Å². The molecule has 0 radical (unpaired) electrons. The number of phenolic OH excluding ortho intramolecular Hbond substituents is 1. The zero-order chi connectivity index (χ0) is 33.9. The van der Waals surface area contributed by atoms with Crippen LogP contribution < -0.4 is 37.5 Å². The molecule has 3 aromatic rings. The Kier molecular flexibility index (Phi) is 15.6. The molecular formula is C35H47N7O5. The quantitative estimate of drug-likeness (QED) is 0.0622. The van der Waals surface area contributed by atoms with Crippen LogP contribution in [-0.2, 0) is 16.1 Å². The minimum absolute atomic E-state index is 0.0413. The first kappa shape index (κ1) is 36.4. The lowest BCUT2D eigenvalue weighted by molar-refractivity contribution is -0.129. The number of unbranched alkanes of at least 4 members (excludes halogenated alkanes) is 2. The highest BCUT2D eigenvalue weighted by molar-refractivity contribution is 5.93. The number of aromatic hydroxyl groups is 1. The summed E-state index contributed by atoms with van der Waals surface area (Å²) in [5, 5.41) is 20.9. The van der Waals surface area contributed by atoms with Gasteiger partial charge < -0.3 is 42.6 Å². The van der Waals surface area contributed by atoms with Crippen LogP contribution in [0.1, 0.15) is 61.6 Å². The number of urea groups is 1. The number of amides is 4. The van der Waals surface area contributed by atoms with Crippen molar-refractivity contribution in [2.45, 2.75) is 57.5 Å². The summed E-state index contributed by atoms with van der Waals surface area (Å²) in [7, 11) is 0. The van der Waals surface area contributed by atoms with E-state index in [0.29, 0.717) is 38.4 Å². The molecule has 0 saturated carbocycles. The fourth-order valence-electron chi connectivity index (χ4n) is 4.82. The third kappa shape index (κ3) is 13.0. The molecule has 0 aliphatic rings. The van der Waals surface area contributed by atoms with Gasteiger partial charge in [0, 0.05) is 19.6 Å². The van der Waals surface area contributed by atoms with Gasteiger partial charge in [-0.3, -0.25) is 9.59 Å². The molecule has 252 valence electrons. The van der Waals surface area contributed by atoms with Gasteiger partial charge in [-0.1, -0.05) is 54.6 Å². The Labute approximate surface area is 276 Å². The molecule has 4 amide bonds. The highest BCUT2D eigenvalue weighted by atomic mass is 16.5. The van der Waals surface area contributed by atoms with Crippen molar-refractivity contribution in [2.24, 2.45) is 16.5 Å². The van der Waals surface area contributed by atoms with Crippen molar-refractivity contribution in [3.8, 4) is 11.5 Å². The number of ether oxygens (including phenoxy) is 1. The van der Waals surface area contributed by atoms with Crippen LogP contribution in [0.4, 0.5) is 4.79 Å². The van der Waals surface area contributed by atoms with Crippen molar-refractivity contribution in [1.82, 2.24) is 21.3 Å². The smallest absolute Gasteiger partial charge is 0.344 e. The number of aliphatic imine (C=N–C) groups is 1. The molecular weight excluding hydrogens is 598 g/mol. The second-order valence-corrected chi connectivity index (χ2v) is 11.0. The van der Waals surface area contributed by atoms with E-state index in [0.717, 1.165) is 36.0 Å².